The van der Waals surface area contributed by atoms with Crippen molar-refractivity contribution in [3.05, 3.63) is 0 Å². The number of amides is 1. The van der Waals surface area contributed by atoms with Crippen LogP contribution in [-0.2, 0) is 19.4 Å². The zero-order valence-electron chi connectivity index (χ0n) is 11.2. The van der Waals surface area contributed by atoms with Crippen molar-refractivity contribution in [1.82, 2.24) is 4.90 Å². The monoisotopic (exact) mass is 309 g/mol. The molecule has 1 aliphatic heterocycles. The average molecular weight is 309 g/mol. The van der Waals surface area contributed by atoms with E-state index in [2.05, 4.69) is 0 Å². The Hall–Kier alpha value is -0.760. The van der Waals surface area contributed by atoms with Crippen LogP contribution in [-0.4, -0.2) is 65.4 Å². The van der Waals surface area contributed by atoms with E-state index in [0.29, 0.717) is 6.42 Å². The van der Waals surface area contributed by atoms with Crippen molar-refractivity contribution >= 4 is 33.5 Å². The number of carbonyl (C=O) groups excluding carboxylic acids is 1. The molecule has 1 atom stereocenters. The number of thioether (sulfide) groups is 1. The van der Waals surface area contributed by atoms with Crippen LogP contribution in [0.5, 0.6) is 0 Å². The first-order valence-electron chi connectivity index (χ1n) is 5.88. The second-order valence-electron chi connectivity index (χ2n) is 5.15. The first-order valence-corrected chi connectivity index (χ1v) is 8.75. The fourth-order valence-corrected chi connectivity index (χ4v) is 5.19. The Morgan fingerprint density at radius 1 is 1.42 bits per heavy atom. The summed E-state index contributed by atoms with van der Waals surface area (Å²) in [5.41, 5.74) is -1.26. The molecule has 1 N–H and O–H groups in total. The molecule has 8 heteroatoms. The number of hydrogen-bond acceptors (Lipinski definition) is 5. The predicted molar refractivity (Wildman–Crippen MR) is 74.0 cm³/mol. The standard InChI is InChI=1S/C11H19NO5S2/c1-11(2,10(14)15)12(3)9(13)6-18-8-4-5-19(16,17)7-8/h8H,4-7H2,1-3H3,(H,14,15). The van der Waals surface area contributed by atoms with Gasteiger partial charge in [-0.25, -0.2) is 13.2 Å². The van der Waals surface area contributed by atoms with Crippen LogP contribution in [0.3, 0.4) is 0 Å². The third-order valence-corrected chi connectivity index (χ3v) is 6.64. The Morgan fingerprint density at radius 3 is 2.42 bits per heavy atom. The number of carboxylic acid groups (broad SMARTS) is 1. The number of aliphatic carboxylic acids is 1. The van der Waals surface area contributed by atoms with Crippen molar-refractivity contribution in [2.75, 3.05) is 24.3 Å². The van der Waals surface area contributed by atoms with Gasteiger partial charge in [-0.3, -0.25) is 4.79 Å². The first kappa shape index (κ1) is 16.3. The van der Waals surface area contributed by atoms with E-state index in [9.17, 15) is 18.0 Å². The molecule has 1 unspecified atom stereocenters. The molecule has 1 fully saturated rings. The number of hydrogen-bond donors (Lipinski definition) is 1. The molecule has 0 aromatic carbocycles. The molecule has 0 bridgehead atoms. The molecule has 0 radical (unpaired) electrons. The number of nitrogens with zero attached hydrogens (tertiary/aromatic N) is 1. The van der Waals surface area contributed by atoms with Crippen molar-refractivity contribution in [3.63, 3.8) is 0 Å². The molecule has 1 rings (SSSR count). The summed E-state index contributed by atoms with van der Waals surface area (Å²) >= 11 is 1.29. The van der Waals surface area contributed by atoms with E-state index in [1.807, 2.05) is 0 Å². The molecule has 19 heavy (non-hydrogen) atoms. The van der Waals surface area contributed by atoms with E-state index in [1.54, 1.807) is 0 Å². The Kier molecular flexibility index (Phi) is 4.89. The topological polar surface area (TPSA) is 91.8 Å². The molecule has 1 amide bonds. The van der Waals surface area contributed by atoms with Crippen molar-refractivity contribution in [2.24, 2.45) is 0 Å². The molecule has 110 valence electrons. The number of carbonyl (C=O) groups is 2. The first-order chi connectivity index (χ1) is 8.56. The summed E-state index contributed by atoms with van der Waals surface area (Å²) in [5, 5.41) is 8.97. The molecule has 0 spiro atoms. The van der Waals surface area contributed by atoms with Gasteiger partial charge in [-0.05, 0) is 20.3 Å². The van der Waals surface area contributed by atoms with Gasteiger partial charge in [0.15, 0.2) is 9.84 Å². The molecule has 0 saturated carbocycles. The van der Waals surface area contributed by atoms with Gasteiger partial charge in [-0.15, -0.1) is 11.8 Å². The van der Waals surface area contributed by atoms with E-state index in [1.165, 1.54) is 37.6 Å². The SMILES string of the molecule is CN(C(=O)CSC1CCS(=O)(=O)C1)C(C)(C)C(=O)O. The fourth-order valence-electron chi connectivity index (χ4n) is 1.63. The zero-order valence-corrected chi connectivity index (χ0v) is 12.9. The van der Waals surface area contributed by atoms with Gasteiger partial charge in [0.25, 0.3) is 0 Å². The lowest BCUT2D eigenvalue weighted by Gasteiger charge is -2.31. The molecule has 1 aliphatic rings. The lowest BCUT2D eigenvalue weighted by molar-refractivity contribution is -0.154. The van der Waals surface area contributed by atoms with Gasteiger partial charge in [0.05, 0.1) is 17.3 Å². The van der Waals surface area contributed by atoms with Crippen LogP contribution in [0.2, 0.25) is 0 Å². The van der Waals surface area contributed by atoms with Crippen molar-refractivity contribution in [1.29, 1.82) is 0 Å². The third-order valence-electron chi connectivity index (χ3n) is 3.37. The molecule has 1 heterocycles. The predicted octanol–water partition coefficient (Wildman–Crippen LogP) is 0.228. The lowest BCUT2D eigenvalue weighted by atomic mass is 10.0. The van der Waals surface area contributed by atoms with Crippen molar-refractivity contribution < 1.29 is 23.1 Å². The van der Waals surface area contributed by atoms with Crippen LogP contribution in [0.25, 0.3) is 0 Å². The van der Waals surface area contributed by atoms with Crippen molar-refractivity contribution in [3.8, 4) is 0 Å². The van der Waals surface area contributed by atoms with E-state index in [-0.39, 0.29) is 28.4 Å². The number of rotatable bonds is 5. The molecule has 1 saturated heterocycles. The Balaban J connectivity index is 2.50. The van der Waals surface area contributed by atoms with Crippen LogP contribution in [0, 0.1) is 0 Å². The van der Waals surface area contributed by atoms with Crippen LogP contribution in [0.15, 0.2) is 0 Å². The van der Waals surface area contributed by atoms with Gasteiger partial charge in [0.1, 0.15) is 5.54 Å². The highest BCUT2D eigenvalue weighted by molar-refractivity contribution is 8.02. The molecule has 0 aromatic rings. The second-order valence-corrected chi connectivity index (χ2v) is 8.67. The second kappa shape index (κ2) is 5.70. The van der Waals surface area contributed by atoms with Gasteiger partial charge in [0.2, 0.25) is 5.91 Å². The van der Waals surface area contributed by atoms with E-state index in [0.717, 1.165) is 0 Å². The normalized spacial score (nSPS) is 22.2. The highest BCUT2D eigenvalue weighted by Crippen LogP contribution is 2.25. The molecular weight excluding hydrogens is 290 g/mol. The maximum atomic E-state index is 11.9. The smallest absolute Gasteiger partial charge is 0.329 e. The summed E-state index contributed by atoms with van der Waals surface area (Å²) in [6, 6.07) is 0. The van der Waals surface area contributed by atoms with Crippen molar-refractivity contribution in [2.45, 2.75) is 31.1 Å². The maximum absolute atomic E-state index is 11.9. The largest absolute Gasteiger partial charge is 0.480 e. The summed E-state index contributed by atoms with van der Waals surface area (Å²) in [6.07, 6.45) is 0.562. The summed E-state index contributed by atoms with van der Waals surface area (Å²) in [7, 11) is -1.50. The van der Waals surface area contributed by atoms with Gasteiger partial charge < -0.3 is 10.0 Å². The lowest BCUT2D eigenvalue weighted by Crippen LogP contribution is -2.51. The number of carboxylic acids is 1. The summed E-state index contributed by atoms with van der Waals surface area (Å²) in [6.45, 7) is 2.91. The molecular formula is C11H19NO5S2. The minimum Gasteiger partial charge on any atom is -0.480 e. The van der Waals surface area contributed by atoms with Gasteiger partial charge >= 0.3 is 5.97 Å². The zero-order chi connectivity index (χ0) is 14.8. The summed E-state index contributed by atoms with van der Waals surface area (Å²) in [5.74, 6) is -0.988. The van der Waals surface area contributed by atoms with Gasteiger partial charge in [-0.2, -0.15) is 0 Å². The van der Waals surface area contributed by atoms with Gasteiger partial charge in [0, 0.05) is 12.3 Å². The van der Waals surface area contributed by atoms with Crippen LogP contribution < -0.4 is 0 Å². The molecule has 0 aromatic heterocycles. The highest BCUT2D eigenvalue weighted by Gasteiger charge is 2.36. The Morgan fingerprint density at radius 2 is 2.00 bits per heavy atom. The number of likely N-dealkylation sites (N-methyl/N-ethyl adjacent to an activating group) is 1. The molecule has 0 aliphatic carbocycles. The van der Waals surface area contributed by atoms with Crippen LogP contribution in [0.4, 0.5) is 0 Å². The van der Waals surface area contributed by atoms with E-state index >= 15 is 0 Å². The average Bonchev–Trinajstić information content (AvgIpc) is 2.64. The maximum Gasteiger partial charge on any atom is 0.329 e. The minimum atomic E-state index is -2.95. The van der Waals surface area contributed by atoms with Crippen LogP contribution in [0.1, 0.15) is 20.3 Å². The van der Waals surface area contributed by atoms with Gasteiger partial charge in [-0.1, -0.05) is 0 Å². The third kappa shape index (κ3) is 4.10. The fraction of sp³-hybridized carbons (Fsp3) is 0.818. The number of sulfone groups is 1. The molecule has 6 nitrogen and oxygen atoms in total. The Labute approximate surface area is 117 Å². The van der Waals surface area contributed by atoms with E-state index in [4.69, 9.17) is 5.11 Å². The summed E-state index contributed by atoms with van der Waals surface area (Å²) < 4.78 is 22.6. The van der Waals surface area contributed by atoms with Crippen LogP contribution >= 0.6 is 11.8 Å². The van der Waals surface area contributed by atoms with E-state index < -0.39 is 21.3 Å². The quantitative estimate of drug-likeness (QED) is 0.781. The summed E-state index contributed by atoms with van der Waals surface area (Å²) in [4.78, 5) is 24.1. The minimum absolute atomic E-state index is 0.0599. The Bertz CT molecular complexity index is 471. The highest BCUT2D eigenvalue weighted by atomic mass is 32.2.